The zero-order valence-corrected chi connectivity index (χ0v) is 12.0. The van der Waals surface area contributed by atoms with Gasteiger partial charge in [0, 0.05) is 18.7 Å². The Morgan fingerprint density at radius 3 is 2.60 bits per heavy atom. The van der Waals surface area contributed by atoms with Crippen LogP contribution in [0.4, 0.5) is 5.69 Å². The molecule has 0 aromatic heterocycles. The van der Waals surface area contributed by atoms with Gasteiger partial charge in [0.2, 0.25) is 10.0 Å². The molecule has 0 amide bonds. The summed E-state index contributed by atoms with van der Waals surface area (Å²) in [6.45, 7) is 1.94. The molecule has 0 radical (unpaired) electrons. The van der Waals surface area contributed by atoms with Crippen molar-refractivity contribution in [2.75, 3.05) is 13.7 Å². The highest BCUT2D eigenvalue weighted by Crippen LogP contribution is 2.29. The van der Waals surface area contributed by atoms with Gasteiger partial charge in [0.05, 0.1) is 16.9 Å². The van der Waals surface area contributed by atoms with Crippen LogP contribution < -0.4 is 15.2 Å². The van der Waals surface area contributed by atoms with E-state index < -0.39 is 26.7 Å². The predicted octanol–water partition coefficient (Wildman–Crippen LogP) is 0.619. The molecular formula is C11H17N3O5S. The fraction of sp³-hybridized carbons (Fsp3) is 0.455. The Kier molecular flexibility index (Phi) is 5.43. The van der Waals surface area contributed by atoms with Crippen molar-refractivity contribution in [3.8, 4) is 5.75 Å². The lowest BCUT2D eigenvalue weighted by molar-refractivity contribution is -0.386. The van der Waals surface area contributed by atoms with Crippen molar-refractivity contribution in [3.63, 3.8) is 0 Å². The molecule has 0 aliphatic heterocycles. The lowest BCUT2D eigenvalue weighted by Gasteiger charge is -2.15. The van der Waals surface area contributed by atoms with Crippen molar-refractivity contribution in [2.24, 2.45) is 5.73 Å². The topological polar surface area (TPSA) is 125 Å². The van der Waals surface area contributed by atoms with Crippen LogP contribution in [0.1, 0.15) is 13.3 Å². The third-order valence-electron chi connectivity index (χ3n) is 2.76. The summed E-state index contributed by atoms with van der Waals surface area (Å²) in [6.07, 6.45) is 0.522. The summed E-state index contributed by atoms with van der Waals surface area (Å²) >= 11 is 0. The minimum Gasteiger partial charge on any atom is -0.490 e. The fourth-order valence-corrected chi connectivity index (χ4v) is 2.92. The van der Waals surface area contributed by atoms with Crippen molar-refractivity contribution in [1.29, 1.82) is 0 Å². The summed E-state index contributed by atoms with van der Waals surface area (Å²) < 4.78 is 31.4. The molecule has 0 fully saturated rings. The Bertz CT molecular complexity index is 584. The lowest BCUT2D eigenvalue weighted by Crippen LogP contribution is -2.39. The number of hydrogen-bond donors (Lipinski definition) is 2. The molecule has 1 atom stereocenters. The normalized spacial score (nSPS) is 12.9. The first kappa shape index (κ1) is 16.3. The van der Waals surface area contributed by atoms with E-state index in [1.807, 2.05) is 0 Å². The average Bonchev–Trinajstić information content (AvgIpc) is 2.43. The number of nitro groups is 1. The maximum Gasteiger partial charge on any atom is 0.312 e. The van der Waals surface area contributed by atoms with Gasteiger partial charge in [0.1, 0.15) is 0 Å². The molecular weight excluding hydrogens is 286 g/mol. The van der Waals surface area contributed by atoms with E-state index in [0.29, 0.717) is 6.42 Å². The molecule has 3 N–H and O–H groups in total. The van der Waals surface area contributed by atoms with Gasteiger partial charge < -0.3 is 10.5 Å². The van der Waals surface area contributed by atoms with E-state index in [2.05, 4.69) is 4.72 Å². The summed E-state index contributed by atoms with van der Waals surface area (Å²) in [7, 11) is -2.58. The Balaban J connectivity index is 3.19. The van der Waals surface area contributed by atoms with E-state index in [-0.39, 0.29) is 17.2 Å². The van der Waals surface area contributed by atoms with Gasteiger partial charge in [-0.2, -0.15) is 0 Å². The zero-order valence-electron chi connectivity index (χ0n) is 11.2. The van der Waals surface area contributed by atoms with Crippen molar-refractivity contribution in [3.05, 3.63) is 28.3 Å². The molecule has 0 heterocycles. The fourth-order valence-electron chi connectivity index (χ4n) is 1.57. The molecule has 0 aliphatic carbocycles. The molecule has 0 bridgehead atoms. The van der Waals surface area contributed by atoms with Gasteiger partial charge >= 0.3 is 5.69 Å². The van der Waals surface area contributed by atoms with Gasteiger partial charge in [-0.15, -0.1) is 0 Å². The SMILES string of the molecule is CCC(CN)NS(=O)(=O)c1ccc(OC)c([N+](=O)[O-])c1. The van der Waals surface area contributed by atoms with Crippen LogP contribution >= 0.6 is 0 Å². The summed E-state index contributed by atoms with van der Waals surface area (Å²) in [4.78, 5) is 9.99. The molecule has 1 unspecified atom stereocenters. The third kappa shape index (κ3) is 3.65. The quantitative estimate of drug-likeness (QED) is 0.562. The van der Waals surface area contributed by atoms with Gasteiger partial charge in [-0.3, -0.25) is 10.1 Å². The van der Waals surface area contributed by atoms with Gasteiger partial charge in [0.25, 0.3) is 0 Å². The second-order valence-electron chi connectivity index (χ2n) is 4.05. The monoisotopic (exact) mass is 303 g/mol. The van der Waals surface area contributed by atoms with Crippen LogP contribution in [-0.2, 0) is 10.0 Å². The Morgan fingerprint density at radius 1 is 1.50 bits per heavy atom. The van der Waals surface area contributed by atoms with E-state index in [0.717, 1.165) is 6.07 Å². The number of sulfonamides is 1. The Hall–Kier alpha value is -1.71. The molecule has 112 valence electrons. The molecule has 0 aliphatic rings. The van der Waals surface area contributed by atoms with Crippen molar-refractivity contribution >= 4 is 15.7 Å². The Morgan fingerprint density at radius 2 is 2.15 bits per heavy atom. The largest absolute Gasteiger partial charge is 0.490 e. The highest BCUT2D eigenvalue weighted by atomic mass is 32.2. The van der Waals surface area contributed by atoms with E-state index in [1.54, 1.807) is 6.92 Å². The number of nitro benzene ring substituents is 1. The average molecular weight is 303 g/mol. The molecule has 8 nitrogen and oxygen atoms in total. The number of nitrogens with one attached hydrogen (secondary N) is 1. The minimum absolute atomic E-state index is 0.000170. The summed E-state index contributed by atoms with van der Waals surface area (Å²) in [5.74, 6) is -0.000170. The highest BCUT2D eigenvalue weighted by molar-refractivity contribution is 7.89. The Labute approximate surface area is 117 Å². The summed E-state index contributed by atoms with van der Waals surface area (Å²) in [5.41, 5.74) is 5.03. The second kappa shape index (κ2) is 6.64. The van der Waals surface area contributed by atoms with E-state index in [9.17, 15) is 18.5 Å². The maximum atomic E-state index is 12.1. The second-order valence-corrected chi connectivity index (χ2v) is 5.77. The highest BCUT2D eigenvalue weighted by Gasteiger charge is 2.23. The molecule has 0 spiro atoms. The van der Waals surface area contributed by atoms with Crippen molar-refractivity contribution in [2.45, 2.75) is 24.3 Å². The van der Waals surface area contributed by atoms with Crippen LogP contribution in [0.2, 0.25) is 0 Å². The van der Waals surface area contributed by atoms with Gasteiger partial charge in [-0.25, -0.2) is 13.1 Å². The van der Waals surface area contributed by atoms with E-state index >= 15 is 0 Å². The maximum absolute atomic E-state index is 12.1. The number of nitrogens with zero attached hydrogens (tertiary/aromatic N) is 1. The molecule has 1 rings (SSSR count). The van der Waals surface area contributed by atoms with Crippen LogP contribution in [-0.4, -0.2) is 33.0 Å². The smallest absolute Gasteiger partial charge is 0.312 e. The molecule has 20 heavy (non-hydrogen) atoms. The molecule has 9 heteroatoms. The van der Waals surface area contributed by atoms with Crippen LogP contribution in [0.25, 0.3) is 0 Å². The molecule has 0 saturated carbocycles. The van der Waals surface area contributed by atoms with Crippen LogP contribution in [0.15, 0.2) is 23.1 Å². The zero-order chi connectivity index (χ0) is 15.3. The van der Waals surface area contributed by atoms with E-state index in [4.69, 9.17) is 10.5 Å². The first-order valence-corrected chi connectivity index (χ1v) is 7.38. The molecule has 1 aromatic carbocycles. The van der Waals surface area contributed by atoms with Gasteiger partial charge in [-0.05, 0) is 18.6 Å². The third-order valence-corrected chi connectivity index (χ3v) is 4.27. The van der Waals surface area contributed by atoms with E-state index in [1.165, 1.54) is 19.2 Å². The molecule has 0 saturated heterocycles. The van der Waals surface area contributed by atoms with Gasteiger partial charge in [-0.1, -0.05) is 6.92 Å². The summed E-state index contributed by atoms with van der Waals surface area (Å²) in [6, 6.07) is 3.04. The lowest BCUT2D eigenvalue weighted by atomic mass is 10.2. The number of methoxy groups -OCH3 is 1. The number of rotatable bonds is 7. The van der Waals surface area contributed by atoms with Gasteiger partial charge in [0.15, 0.2) is 5.75 Å². The number of benzene rings is 1. The number of hydrogen-bond acceptors (Lipinski definition) is 6. The summed E-state index contributed by atoms with van der Waals surface area (Å²) in [5, 5.41) is 10.9. The number of nitrogens with two attached hydrogens (primary N) is 1. The number of ether oxygens (including phenoxy) is 1. The predicted molar refractivity (Wildman–Crippen MR) is 73.1 cm³/mol. The van der Waals surface area contributed by atoms with Crippen LogP contribution in [0.3, 0.4) is 0 Å². The molecule has 1 aromatic rings. The van der Waals surface area contributed by atoms with Crippen LogP contribution in [0.5, 0.6) is 5.75 Å². The first-order valence-electron chi connectivity index (χ1n) is 5.90. The van der Waals surface area contributed by atoms with Crippen LogP contribution in [0, 0.1) is 10.1 Å². The minimum atomic E-state index is -3.85. The first-order chi connectivity index (χ1) is 9.35. The standard InChI is InChI=1S/C11H17N3O5S/c1-3-8(7-12)13-20(17,18)9-4-5-11(19-2)10(6-9)14(15)16/h4-6,8,13H,3,7,12H2,1-2H3. The van der Waals surface area contributed by atoms with Crippen molar-refractivity contribution < 1.29 is 18.1 Å². The van der Waals surface area contributed by atoms with Crippen molar-refractivity contribution in [1.82, 2.24) is 4.72 Å².